The fourth-order valence-electron chi connectivity index (χ4n) is 7.29. The molecule has 2 aromatic rings. The van der Waals surface area contributed by atoms with Crippen molar-refractivity contribution in [2.45, 2.75) is 88.9 Å². The minimum absolute atomic E-state index is 0. The van der Waals surface area contributed by atoms with Crippen molar-refractivity contribution in [1.82, 2.24) is 15.1 Å². The molecule has 12 heteroatoms. The molecular formula is C37H51ClN4O7. The van der Waals surface area contributed by atoms with E-state index in [1.165, 1.54) is 0 Å². The van der Waals surface area contributed by atoms with Crippen molar-refractivity contribution in [3.8, 4) is 17.2 Å². The Labute approximate surface area is 295 Å². The molecular weight excluding hydrogens is 648 g/mol. The lowest BCUT2D eigenvalue weighted by atomic mass is 9.79. The molecule has 3 amide bonds. The topological polar surface area (TPSA) is 130 Å². The van der Waals surface area contributed by atoms with Gasteiger partial charge < -0.3 is 34.9 Å². The van der Waals surface area contributed by atoms with Crippen LogP contribution < -0.4 is 20.1 Å². The Hall–Kier alpha value is -3.38. The molecule has 4 aliphatic rings. The average Bonchev–Trinajstić information content (AvgIpc) is 3.92. The number of aliphatic hydroxyl groups is 1. The fourth-order valence-corrected chi connectivity index (χ4v) is 7.29. The van der Waals surface area contributed by atoms with Crippen LogP contribution in [0.1, 0.15) is 70.3 Å². The van der Waals surface area contributed by atoms with Gasteiger partial charge in [-0.1, -0.05) is 25.5 Å². The maximum Gasteiger partial charge on any atom is 0.248 e. The van der Waals surface area contributed by atoms with E-state index in [9.17, 15) is 19.5 Å². The number of rotatable bonds is 13. The third kappa shape index (κ3) is 8.68. The number of nitrogens with one attached hydrogen (secondary N) is 2. The number of benzene rings is 2. The van der Waals surface area contributed by atoms with Gasteiger partial charge in [-0.25, -0.2) is 0 Å². The second-order valence-electron chi connectivity index (χ2n) is 13.9. The summed E-state index contributed by atoms with van der Waals surface area (Å²) in [7, 11) is 1.58. The molecule has 0 unspecified atom stereocenters. The van der Waals surface area contributed by atoms with Gasteiger partial charge >= 0.3 is 0 Å². The van der Waals surface area contributed by atoms with Crippen LogP contribution in [0.25, 0.3) is 0 Å². The Morgan fingerprint density at radius 2 is 1.78 bits per heavy atom. The van der Waals surface area contributed by atoms with Gasteiger partial charge in [0.2, 0.25) is 17.7 Å². The Balaban J connectivity index is 0.00000468. The minimum atomic E-state index is -0.913. The number of hydrogen-bond acceptors (Lipinski definition) is 8. The van der Waals surface area contributed by atoms with Crippen LogP contribution in [0.5, 0.6) is 17.2 Å². The van der Waals surface area contributed by atoms with E-state index in [0.29, 0.717) is 100 Å². The monoisotopic (exact) mass is 698 g/mol. The zero-order valence-electron chi connectivity index (χ0n) is 28.7. The molecule has 49 heavy (non-hydrogen) atoms. The standard InChI is InChI=1S/C37H50N4O7.ClH/c1-3-4-17-41-35(44)33(34(43)27-13-20-47-21-14-27)39-36(45)37(41)15-18-40(19-16-37)24-26-7-10-29(11-8-26)48-30-12-9-28(23-31(30)46-2)38-32(42)22-25-5-6-25;/h7-12,23,25,27,33-34,43H,3-6,13-22,24H2,1-2H3,(H,38,42)(H,39,45);1H/t33-,34-;/m1./s1. The van der Waals surface area contributed by atoms with Crippen molar-refractivity contribution in [2.75, 3.05) is 45.3 Å². The first kappa shape index (κ1) is 36.9. The minimum Gasteiger partial charge on any atom is -0.493 e. The molecule has 0 radical (unpaired) electrons. The maximum absolute atomic E-state index is 13.9. The highest BCUT2D eigenvalue weighted by atomic mass is 35.5. The number of piperidine rings is 1. The van der Waals surface area contributed by atoms with E-state index in [1.807, 2.05) is 30.3 Å². The van der Waals surface area contributed by atoms with Crippen molar-refractivity contribution in [2.24, 2.45) is 11.8 Å². The number of amides is 3. The first-order valence-corrected chi connectivity index (χ1v) is 17.6. The lowest BCUT2D eigenvalue weighted by Crippen LogP contribution is -2.75. The van der Waals surface area contributed by atoms with Gasteiger partial charge in [-0.2, -0.15) is 0 Å². The quantitative estimate of drug-likeness (QED) is 0.270. The number of hydrogen-bond donors (Lipinski definition) is 3. The third-order valence-corrected chi connectivity index (χ3v) is 10.4. The van der Waals surface area contributed by atoms with Crippen LogP contribution in [-0.2, 0) is 25.7 Å². The molecule has 3 heterocycles. The number of halogens is 1. The first-order valence-electron chi connectivity index (χ1n) is 17.6. The Kier molecular flexibility index (Phi) is 12.5. The van der Waals surface area contributed by atoms with E-state index >= 15 is 0 Å². The normalized spacial score (nSPS) is 21.9. The highest BCUT2D eigenvalue weighted by Gasteiger charge is 2.55. The van der Waals surface area contributed by atoms with Gasteiger partial charge in [-0.15, -0.1) is 12.4 Å². The summed E-state index contributed by atoms with van der Waals surface area (Å²) in [5, 5.41) is 17.1. The van der Waals surface area contributed by atoms with Crippen molar-refractivity contribution >= 4 is 35.8 Å². The Bertz CT molecular complexity index is 1440. The highest BCUT2D eigenvalue weighted by molar-refractivity contribution is 6.00. The van der Waals surface area contributed by atoms with Gasteiger partial charge in [0.15, 0.2) is 11.5 Å². The van der Waals surface area contributed by atoms with E-state index in [0.717, 1.165) is 31.2 Å². The molecule has 2 aromatic carbocycles. The van der Waals surface area contributed by atoms with E-state index in [4.69, 9.17) is 14.2 Å². The van der Waals surface area contributed by atoms with Crippen LogP contribution in [0.2, 0.25) is 0 Å². The molecule has 3 saturated heterocycles. The van der Waals surface area contributed by atoms with Crippen molar-refractivity contribution in [1.29, 1.82) is 0 Å². The summed E-state index contributed by atoms with van der Waals surface area (Å²) in [6.07, 6.45) is 6.09. The second-order valence-corrected chi connectivity index (χ2v) is 13.9. The number of unbranched alkanes of at least 4 members (excludes halogenated alkanes) is 1. The summed E-state index contributed by atoms with van der Waals surface area (Å²) in [4.78, 5) is 44.0. The van der Waals surface area contributed by atoms with Crippen molar-refractivity contribution in [3.63, 3.8) is 0 Å². The molecule has 1 saturated carbocycles. The van der Waals surface area contributed by atoms with Crippen LogP contribution >= 0.6 is 12.4 Å². The van der Waals surface area contributed by atoms with Gasteiger partial charge in [0.25, 0.3) is 0 Å². The number of piperazine rings is 1. The summed E-state index contributed by atoms with van der Waals surface area (Å²) in [5.74, 6) is 1.94. The molecule has 3 aliphatic heterocycles. The summed E-state index contributed by atoms with van der Waals surface area (Å²) in [6.45, 7) is 5.80. The number of ether oxygens (including phenoxy) is 3. The lowest BCUT2D eigenvalue weighted by Gasteiger charge is -2.52. The van der Waals surface area contributed by atoms with Gasteiger partial charge in [0, 0.05) is 57.6 Å². The molecule has 1 spiro atoms. The van der Waals surface area contributed by atoms with Gasteiger partial charge in [0.05, 0.1) is 13.2 Å². The number of carbonyl (C=O) groups is 3. The third-order valence-electron chi connectivity index (χ3n) is 10.4. The van der Waals surface area contributed by atoms with Gasteiger partial charge in [-0.05, 0) is 86.6 Å². The maximum atomic E-state index is 13.9. The van der Waals surface area contributed by atoms with Gasteiger partial charge in [0.1, 0.15) is 17.3 Å². The van der Waals surface area contributed by atoms with Gasteiger partial charge in [-0.3, -0.25) is 19.3 Å². The molecule has 0 aromatic heterocycles. The largest absolute Gasteiger partial charge is 0.493 e. The number of anilines is 1. The van der Waals surface area contributed by atoms with E-state index in [2.05, 4.69) is 22.5 Å². The zero-order valence-corrected chi connectivity index (χ0v) is 29.5. The summed E-state index contributed by atoms with van der Waals surface area (Å²) in [5.41, 5.74) is 0.908. The molecule has 2 atom stereocenters. The summed E-state index contributed by atoms with van der Waals surface area (Å²) < 4.78 is 17.1. The Morgan fingerprint density at radius 3 is 2.43 bits per heavy atom. The molecule has 4 fully saturated rings. The Morgan fingerprint density at radius 1 is 1.06 bits per heavy atom. The molecule has 6 rings (SSSR count). The summed E-state index contributed by atoms with van der Waals surface area (Å²) >= 11 is 0. The van der Waals surface area contributed by atoms with E-state index < -0.39 is 17.7 Å². The highest BCUT2D eigenvalue weighted by Crippen LogP contribution is 2.37. The van der Waals surface area contributed by atoms with Crippen LogP contribution in [0, 0.1) is 11.8 Å². The number of methoxy groups -OCH3 is 1. The molecule has 0 bridgehead atoms. The molecule has 268 valence electrons. The second kappa shape index (κ2) is 16.6. The number of carbonyl (C=O) groups excluding carboxylic acids is 3. The number of aliphatic hydroxyl groups excluding tert-OH is 1. The predicted octanol–water partition coefficient (Wildman–Crippen LogP) is 4.90. The van der Waals surface area contributed by atoms with Crippen LogP contribution in [-0.4, -0.2) is 90.3 Å². The van der Waals surface area contributed by atoms with Crippen molar-refractivity contribution in [3.05, 3.63) is 48.0 Å². The number of likely N-dealkylation sites (tertiary alicyclic amines) is 1. The predicted molar refractivity (Wildman–Crippen MR) is 188 cm³/mol. The summed E-state index contributed by atoms with van der Waals surface area (Å²) in [6, 6.07) is 12.4. The van der Waals surface area contributed by atoms with Crippen LogP contribution in [0.4, 0.5) is 5.69 Å². The average molecular weight is 699 g/mol. The lowest BCUT2D eigenvalue weighted by molar-refractivity contribution is -0.166. The van der Waals surface area contributed by atoms with Crippen molar-refractivity contribution < 1.29 is 33.7 Å². The molecule has 1 aliphatic carbocycles. The van der Waals surface area contributed by atoms with Crippen LogP contribution in [0.15, 0.2) is 42.5 Å². The SMILES string of the molecule is CCCCN1C(=O)[C@@H]([C@H](O)C2CCOCC2)NC(=O)C12CCN(Cc1ccc(Oc3ccc(NC(=O)CC4CC4)cc3OC)cc1)CC2.Cl. The smallest absolute Gasteiger partial charge is 0.248 e. The zero-order chi connectivity index (χ0) is 33.7. The fraction of sp³-hybridized carbons (Fsp3) is 0.595. The molecule has 3 N–H and O–H groups in total. The van der Waals surface area contributed by atoms with E-state index in [1.54, 1.807) is 24.1 Å². The number of nitrogens with zero attached hydrogens (tertiary/aromatic N) is 2. The van der Waals surface area contributed by atoms with E-state index in [-0.39, 0.29) is 36.0 Å². The molecule has 11 nitrogen and oxygen atoms in total. The van der Waals surface area contributed by atoms with Crippen LogP contribution in [0.3, 0.4) is 0 Å². The first-order chi connectivity index (χ1) is 23.3.